The third kappa shape index (κ3) is 5.38. The Balaban J connectivity index is 1.71. The van der Waals surface area contributed by atoms with Gasteiger partial charge in [0, 0.05) is 17.6 Å². The number of halogens is 1. The maximum Gasteiger partial charge on any atom is 0.258 e. The Morgan fingerprint density at radius 3 is 2.67 bits per heavy atom. The van der Waals surface area contributed by atoms with Crippen LogP contribution in [0.5, 0.6) is 5.75 Å². The molecule has 0 unspecified atom stereocenters. The Hall–Kier alpha value is -2.87. The minimum Gasteiger partial charge on any atom is -0.484 e. The smallest absolute Gasteiger partial charge is 0.258 e. The molecule has 30 heavy (non-hydrogen) atoms. The lowest BCUT2D eigenvalue weighted by Gasteiger charge is -2.10. The van der Waals surface area contributed by atoms with E-state index in [1.807, 2.05) is 0 Å². The summed E-state index contributed by atoms with van der Waals surface area (Å²) in [7, 11) is 0. The molecule has 2 aromatic carbocycles. The van der Waals surface area contributed by atoms with E-state index < -0.39 is 0 Å². The van der Waals surface area contributed by atoms with Gasteiger partial charge in [-0.3, -0.25) is 9.59 Å². The monoisotopic (exact) mass is 431 g/mol. The van der Waals surface area contributed by atoms with Gasteiger partial charge in [-0.05, 0) is 36.8 Å². The van der Waals surface area contributed by atoms with Crippen LogP contribution in [-0.2, 0) is 9.53 Å². The number of rotatable bonds is 9. The predicted molar refractivity (Wildman–Crippen MR) is 114 cm³/mol. The number of ether oxygens (including phenoxy) is 2. The van der Waals surface area contributed by atoms with Crippen LogP contribution in [0.3, 0.4) is 0 Å². The maximum atomic E-state index is 13.0. The number of benzene rings is 2. The van der Waals surface area contributed by atoms with Crippen molar-refractivity contribution in [2.45, 2.75) is 6.92 Å². The number of aliphatic hydroxyl groups is 1. The Morgan fingerprint density at radius 1 is 1.17 bits per heavy atom. The minimum absolute atomic E-state index is 0.0597. The van der Waals surface area contributed by atoms with Crippen LogP contribution >= 0.6 is 11.6 Å². The molecule has 0 bridgehead atoms. The average Bonchev–Trinajstić information content (AvgIpc) is 2.73. The second kappa shape index (κ2) is 10.2. The van der Waals surface area contributed by atoms with Crippen LogP contribution in [0.4, 0.5) is 0 Å². The number of hydrogen-bond donors (Lipinski definition) is 2. The van der Waals surface area contributed by atoms with E-state index in [0.29, 0.717) is 46.2 Å². The summed E-state index contributed by atoms with van der Waals surface area (Å²) in [5, 5.41) is 12.3. The van der Waals surface area contributed by atoms with E-state index in [0.717, 1.165) is 5.56 Å². The number of carbonyl (C=O) groups excluding carboxylic acids is 1. The summed E-state index contributed by atoms with van der Waals surface area (Å²) in [5.41, 5.74) is 1.44. The zero-order valence-corrected chi connectivity index (χ0v) is 17.2. The Labute approximate surface area is 178 Å². The van der Waals surface area contributed by atoms with Crippen LogP contribution < -0.4 is 15.5 Å². The first-order chi connectivity index (χ1) is 14.5. The SMILES string of the molecule is Cc1oc2cc(OCC(=O)NCCOCCO)ccc2c(=O)c1-c1ccc(Cl)cc1. The van der Waals surface area contributed by atoms with Gasteiger partial charge in [0.25, 0.3) is 5.91 Å². The average molecular weight is 432 g/mol. The molecular weight excluding hydrogens is 410 g/mol. The summed E-state index contributed by atoms with van der Waals surface area (Å²) < 4.78 is 16.4. The van der Waals surface area contributed by atoms with Crippen LogP contribution in [0.25, 0.3) is 22.1 Å². The molecule has 0 aliphatic heterocycles. The van der Waals surface area contributed by atoms with E-state index in [4.69, 9.17) is 30.6 Å². The lowest BCUT2D eigenvalue weighted by atomic mass is 10.0. The Morgan fingerprint density at radius 2 is 1.93 bits per heavy atom. The molecule has 0 fully saturated rings. The van der Waals surface area contributed by atoms with E-state index in [1.165, 1.54) is 0 Å². The Bertz CT molecular complexity index is 1080. The number of fused-ring (bicyclic) bond motifs is 1. The van der Waals surface area contributed by atoms with E-state index in [2.05, 4.69) is 5.32 Å². The van der Waals surface area contributed by atoms with Gasteiger partial charge in [0.2, 0.25) is 5.43 Å². The lowest BCUT2D eigenvalue weighted by molar-refractivity contribution is -0.123. The molecule has 0 saturated heterocycles. The molecule has 3 rings (SSSR count). The van der Waals surface area contributed by atoms with Crippen LogP contribution in [0.2, 0.25) is 5.02 Å². The molecule has 0 aliphatic rings. The predicted octanol–water partition coefficient (Wildman–Crippen LogP) is 2.93. The molecule has 7 nitrogen and oxygen atoms in total. The number of nitrogens with one attached hydrogen (secondary N) is 1. The second-order valence-electron chi connectivity index (χ2n) is 6.50. The highest BCUT2D eigenvalue weighted by molar-refractivity contribution is 6.30. The fourth-order valence-electron chi connectivity index (χ4n) is 2.96. The molecule has 0 spiro atoms. The molecule has 1 aromatic heterocycles. The van der Waals surface area contributed by atoms with Gasteiger partial charge < -0.3 is 24.3 Å². The molecule has 2 N–H and O–H groups in total. The minimum atomic E-state index is -0.307. The Kier molecular flexibility index (Phi) is 7.46. The number of hydrogen-bond acceptors (Lipinski definition) is 6. The first-order valence-electron chi connectivity index (χ1n) is 9.41. The summed E-state index contributed by atoms with van der Waals surface area (Å²) in [6, 6.07) is 11.8. The van der Waals surface area contributed by atoms with Gasteiger partial charge in [0.15, 0.2) is 6.61 Å². The highest BCUT2D eigenvalue weighted by Gasteiger charge is 2.14. The van der Waals surface area contributed by atoms with Gasteiger partial charge in [-0.15, -0.1) is 0 Å². The number of carbonyl (C=O) groups is 1. The fraction of sp³-hybridized carbons (Fsp3) is 0.273. The van der Waals surface area contributed by atoms with Gasteiger partial charge in [-0.2, -0.15) is 0 Å². The van der Waals surface area contributed by atoms with Crippen molar-refractivity contribution in [3.63, 3.8) is 0 Å². The third-order valence-corrected chi connectivity index (χ3v) is 4.60. The quantitative estimate of drug-likeness (QED) is 0.505. The zero-order valence-electron chi connectivity index (χ0n) is 16.4. The first kappa shape index (κ1) is 21.8. The van der Waals surface area contributed by atoms with Crippen LogP contribution in [0.15, 0.2) is 51.7 Å². The van der Waals surface area contributed by atoms with Crippen LogP contribution in [-0.4, -0.2) is 44.0 Å². The summed E-state index contributed by atoms with van der Waals surface area (Å²) in [4.78, 5) is 24.8. The van der Waals surface area contributed by atoms with E-state index in [-0.39, 0.29) is 31.2 Å². The molecule has 1 heterocycles. The van der Waals surface area contributed by atoms with Gasteiger partial charge in [-0.1, -0.05) is 23.7 Å². The van der Waals surface area contributed by atoms with Crippen molar-refractivity contribution in [3.05, 3.63) is 63.5 Å². The molecule has 8 heteroatoms. The molecule has 0 aliphatic carbocycles. The van der Waals surface area contributed by atoms with E-state index in [1.54, 1.807) is 49.4 Å². The van der Waals surface area contributed by atoms with Crippen molar-refractivity contribution in [2.75, 3.05) is 33.0 Å². The number of aliphatic hydroxyl groups excluding tert-OH is 1. The molecule has 0 saturated carbocycles. The summed E-state index contributed by atoms with van der Waals surface area (Å²) in [6.45, 7) is 2.34. The van der Waals surface area contributed by atoms with Crippen molar-refractivity contribution in [2.24, 2.45) is 0 Å². The van der Waals surface area contributed by atoms with Gasteiger partial charge in [-0.25, -0.2) is 0 Å². The van der Waals surface area contributed by atoms with Crippen molar-refractivity contribution in [3.8, 4) is 16.9 Å². The van der Waals surface area contributed by atoms with E-state index in [9.17, 15) is 9.59 Å². The second-order valence-corrected chi connectivity index (χ2v) is 6.94. The lowest BCUT2D eigenvalue weighted by Crippen LogP contribution is -2.31. The molecule has 0 radical (unpaired) electrons. The van der Waals surface area contributed by atoms with Crippen LogP contribution in [0, 0.1) is 6.92 Å². The molecule has 3 aromatic rings. The van der Waals surface area contributed by atoms with Crippen molar-refractivity contribution in [1.82, 2.24) is 5.32 Å². The van der Waals surface area contributed by atoms with E-state index >= 15 is 0 Å². The van der Waals surface area contributed by atoms with Gasteiger partial charge in [0.1, 0.15) is 17.1 Å². The fourth-order valence-corrected chi connectivity index (χ4v) is 3.08. The van der Waals surface area contributed by atoms with Crippen molar-refractivity contribution >= 4 is 28.5 Å². The highest BCUT2D eigenvalue weighted by Crippen LogP contribution is 2.27. The standard InChI is InChI=1S/C22H22ClNO6/c1-14-21(15-2-4-16(23)5-3-15)22(27)18-7-6-17(12-19(18)30-14)29-13-20(26)24-8-10-28-11-9-25/h2-7,12,25H,8-11,13H2,1H3,(H,24,26). The number of amides is 1. The van der Waals surface area contributed by atoms with Crippen LogP contribution in [0.1, 0.15) is 5.76 Å². The number of aryl methyl sites for hydroxylation is 1. The van der Waals surface area contributed by atoms with Gasteiger partial charge >= 0.3 is 0 Å². The topological polar surface area (TPSA) is 98.0 Å². The largest absolute Gasteiger partial charge is 0.484 e. The summed E-state index contributed by atoms with van der Waals surface area (Å²) >= 11 is 5.93. The highest BCUT2D eigenvalue weighted by atomic mass is 35.5. The molecule has 1 amide bonds. The molecule has 158 valence electrons. The summed E-state index contributed by atoms with van der Waals surface area (Å²) in [6.07, 6.45) is 0. The third-order valence-electron chi connectivity index (χ3n) is 4.35. The molecular formula is C22H22ClNO6. The maximum absolute atomic E-state index is 13.0. The zero-order chi connectivity index (χ0) is 21.5. The van der Waals surface area contributed by atoms with Gasteiger partial charge in [0.05, 0.1) is 30.8 Å². The van der Waals surface area contributed by atoms with Crippen molar-refractivity contribution in [1.29, 1.82) is 0 Å². The first-order valence-corrected chi connectivity index (χ1v) is 9.79. The molecule has 0 atom stereocenters. The normalized spacial score (nSPS) is 10.9. The summed E-state index contributed by atoms with van der Waals surface area (Å²) in [5.74, 6) is 0.585. The van der Waals surface area contributed by atoms with Crippen molar-refractivity contribution < 1.29 is 23.8 Å².